The summed E-state index contributed by atoms with van der Waals surface area (Å²) in [6, 6.07) is 14.3. The van der Waals surface area contributed by atoms with Crippen molar-refractivity contribution < 1.29 is 9.53 Å². The first kappa shape index (κ1) is 21.6. The predicted octanol–water partition coefficient (Wildman–Crippen LogP) is 4.06. The first-order valence-corrected chi connectivity index (χ1v) is 12.0. The van der Waals surface area contributed by atoms with Gasteiger partial charge in [-0.2, -0.15) is 0 Å². The molecule has 0 unspecified atom stereocenters. The minimum absolute atomic E-state index is 0.528. The number of aryl methyl sites for hydroxylation is 2. The number of aromatic nitrogens is 1. The molecule has 2 aliphatic rings. The molecule has 33 heavy (non-hydrogen) atoms. The lowest BCUT2D eigenvalue weighted by Crippen LogP contribution is -2.46. The third-order valence-corrected chi connectivity index (χ3v) is 6.81. The topological polar surface area (TPSA) is 75.8 Å². The van der Waals surface area contributed by atoms with Crippen molar-refractivity contribution in [2.24, 2.45) is 5.73 Å². The second-order valence-corrected chi connectivity index (χ2v) is 9.02. The van der Waals surface area contributed by atoms with Gasteiger partial charge in [-0.05, 0) is 49.9 Å². The number of anilines is 2. The molecule has 2 amide bonds. The molecular formula is C26H33N5O2. The van der Waals surface area contributed by atoms with Gasteiger partial charge in [-0.1, -0.05) is 24.3 Å². The van der Waals surface area contributed by atoms with Crippen LogP contribution in [0.25, 0.3) is 10.9 Å². The van der Waals surface area contributed by atoms with Gasteiger partial charge >= 0.3 is 6.03 Å². The minimum atomic E-state index is -0.528. The molecule has 2 aliphatic heterocycles. The fourth-order valence-corrected chi connectivity index (χ4v) is 5.04. The van der Waals surface area contributed by atoms with Gasteiger partial charge in [0.05, 0.1) is 17.8 Å². The standard InChI is InChI=1S/C26H33N5O2/c27-26(32)28-23-19-31(24-8-2-1-7-22(23)24)12-4-3-11-29-13-15-30(16-14-29)21-10-9-20-6-5-17-33-25(20)18-21/h1-2,7-10,18-19H,3-6,11-17H2,(H3,27,28,32). The predicted molar refractivity (Wildman–Crippen MR) is 133 cm³/mol. The van der Waals surface area contributed by atoms with Crippen molar-refractivity contribution in [3.8, 4) is 5.75 Å². The van der Waals surface area contributed by atoms with E-state index in [0.29, 0.717) is 0 Å². The van der Waals surface area contributed by atoms with Crippen LogP contribution in [0.15, 0.2) is 48.7 Å². The number of urea groups is 1. The quantitative estimate of drug-likeness (QED) is 0.536. The van der Waals surface area contributed by atoms with E-state index in [4.69, 9.17) is 10.5 Å². The average molecular weight is 448 g/mol. The maximum atomic E-state index is 11.3. The first-order valence-electron chi connectivity index (χ1n) is 12.0. The Morgan fingerprint density at radius 3 is 2.70 bits per heavy atom. The zero-order chi connectivity index (χ0) is 22.6. The summed E-state index contributed by atoms with van der Waals surface area (Å²) in [6.07, 6.45) is 6.49. The minimum Gasteiger partial charge on any atom is -0.493 e. The van der Waals surface area contributed by atoms with Crippen LogP contribution in [-0.4, -0.2) is 54.8 Å². The van der Waals surface area contributed by atoms with E-state index in [1.807, 2.05) is 24.4 Å². The fraction of sp³-hybridized carbons (Fsp3) is 0.423. The monoisotopic (exact) mass is 447 g/mol. The highest BCUT2D eigenvalue weighted by Crippen LogP contribution is 2.30. The van der Waals surface area contributed by atoms with Gasteiger partial charge < -0.3 is 25.3 Å². The molecule has 0 atom stereocenters. The summed E-state index contributed by atoms with van der Waals surface area (Å²) < 4.78 is 8.08. The Labute approximate surface area is 195 Å². The average Bonchev–Trinajstić information content (AvgIpc) is 3.19. The first-order chi connectivity index (χ1) is 16.2. The summed E-state index contributed by atoms with van der Waals surface area (Å²) in [4.78, 5) is 16.4. The van der Waals surface area contributed by atoms with Crippen LogP contribution in [0.4, 0.5) is 16.2 Å². The maximum Gasteiger partial charge on any atom is 0.316 e. The lowest BCUT2D eigenvalue weighted by Gasteiger charge is -2.36. The number of para-hydroxylation sites is 1. The van der Waals surface area contributed by atoms with Gasteiger partial charge in [0, 0.05) is 56.1 Å². The van der Waals surface area contributed by atoms with Crippen LogP contribution in [0, 0.1) is 0 Å². The number of nitrogens with two attached hydrogens (primary N) is 1. The number of carbonyl (C=O) groups excluding carboxylic acids is 1. The highest BCUT2D eigenvalue weighted by molar-refractivity contribution is 6.00. The molecule has 0 spiro atoms. The van der Waals surface area contributed by atoms with Crippen LogP contribution in [0.1, 0.15) is 24.8 Å². The van der Waals surface area contributed by atoms with E-state index in [0.717, 1.165) is 93.9 Å². The third kappa shape index (κ3) is 4.93. The molecule has 0 saturated carbocycles. The third-order valence-electron chi connectivity index (χ3n) is 6.81. The molecule has 1 aromatic heterocycles. The number of hydrogen-bond donors (Lipinski definition) is 2. The van der Waals surface area contributed by atoms with Gasteiger partial charge in [-0.25, -0.2) is 4.79 Å². The lowest BCUT2D eigenvalue weighted by atomic mass is 10.1. The maximum absolute atomic E-state index is 11.3. The number of rotatable bonds is 7. The summed E-state index contributed by atoms with van der Waals surface area (Å²) >= 11 is 0. The number of amides is 2. The van der Waals surface area contributed by atoms with Gasteiger partial charge in [-0.15, -0.1) is 0 Å². The van der Waals surface area contributed by atoms with Crippen molar-refractivity contribution in [1.29, 1.82) is 0 Å². The normalized spacial score (nSPS) is 16.4. The van der Waals surface area contributed by atoms with Crippen molar-refractivity contribution in [2.45, 2.75) is 32.2 Å². The van der Waals surface area contributed by atoms with Crippen molar-refractivity contribution >= 4 is 28.3 Å². The zero-order valence-electron chi connectivity index (χ0n) is 19.1. The van der Waals surface area contributed by atoms with E-state index in [2.05, 4.69) is 43.9 Å². The number of hydrogen-bond acceptors (Lipinski definition) is 4. The zero-order valence-corrected chi connectivity index (χ0v) is 19.1. The highest BCUT2D eigenvalue weighted by Gasteiger charge is 2.19. The Morgan fingerprint density at radius 1 is 1.03 bits per heavy atom. The van der Waals surface area contributed by atoms with Crippen molar-refractivity contribution in [3.63, 3.8) is 0 Å². The van der Waals surface area contributed by atoms with E-state index in [9.17, 15) is 4.79 Å². The van der Waals surface area contributed by atoms with Crippen LogP contribution in [0.5, 0.6) is 5.75 Å². The molecular weight excluding hydrogens is 414 g/mol. The SMILES string of the molecule is NC(=O)Nc1cn(CCCCN2CCN(c3ccc4c(c3)OCCC4)CC2)c2ccccc12. The number of primary amides is 1. The number of carbonyl (C=O) groups is 1. The molecule has 3 heterocycles. The smallest absolute Gasteiger partial charge is 0.316 e. The number of unbranched alkanes of at least 4 members (excludes halogenated alkanes) is 1. The van der Waals surface area contributed by atoms with Gasteiger partial charge in [0.15, 0.2) is 0 Å². The molecule has 0 aliphatic carbocycles. The second-order valence-electron chi connectivity index (χ2n) is 9.02. The molecule has 1 fully saturated rings. The Kier molecular flexibility index (Phi) is 6.39. The Morgan fingerprint density at radius 2 is 1.85 bits per heavy atom. The van der Waals surface area contributed by atoms with Crippen LogP contribution in [-0.2, 0) is 13.0 Å². The lowest BCUT2D eigenvalue weighted by molar-refractivity contribution is 0.251. The van der Waals surface area contributed by atoms with Gasteiger partial charge in [0.1, 0.15) is 5.75 Å². The largest absolute Gasteiger partial charge is 0.493 e. The highest BCUT2D eigenvalue weighted by atomic mass is 16.5. The van der Waals surface area contributed by atoms with Crippen molar-refractivity contribution in [1.82, 2.24) is 9.47 Å². The van der Waals surface area contributed by atoms with Gasteiger partial charge in [0.2, 0.25) is 0 Å². The Hall–Kier alpha value is -3.19. The summed E-state index contributed by atoms with van der Waals surface area (Å²) in [5.41, 5.74) is 9.87. The fourth-order valence-electron chi connectivity index (χ4n) is 5.04. The number of nitrogens with zero attached hydrogens (tertiary/aromatic N) is 3. The number of ether oxygens (including phenoxy) is 1. The van der Waals surface area contributed by atoms with Crippen LogP contribution in [0.2, 0.25) is 0 Å². The second kappa shape index (κ2) is 9.75. The van der Waals surface area contributed by atoms with E-state index in [1.165, 1.54) is 11.3 Å². The van der Waals surface area contributed by atoms with E-state index >= 15 is 0 Å². The number of piperazine rings is 1. The molecule has 0 bridgehead atoms. The van der Waals surface area contributed by atoms with Gasteiger partial charge in [-0.3, -0.25) is 4.90 Å². The molecule has 0 radical (unpaired) electrons. The molecule has 5 rings (SSSR count). The van der Waals surface area contributed by atoms with E-state index in [1.54, 1.807) is 0 Å². The van der Waals surface area contributed by atoms with E-state index in [-0.39, 0.29) is 0 Å². The molecule has 2 aromatic carbocycles. The Bertz CT molecular complexity index is 1120. The summed E-state index contributed by atoms with van der Waals surface area (Å²) in [7, 11) is 0. The molecule has 3 aromatic rings. The molecule has 7 nitrogen and oxygen atoms in total. The van der Waals surface area contributed by atoms with E-state index < -0.39 is 6.03 Å². The van der Waals surface area contributed by atoms with Crippen LogP contribution >= 0.6 is 0 Å². The Balaban J connectivity index is 1.10. The van der Waals surface area contributed by atoms with Crippen molar-refractivity contribution in [3.05, 3.63) is 54.2 Å². The summed E-state index contributed by atoms with van der Waals surface area (Å²) in [5, 5.41) is 3.77. The number of benzene rings is 2. The number of nitrogens with one attached hydrogen (secondary N) is 1. The molecule has 1 saturated heterocycles. The summed E-state index contributed by atoms with van der Waals surface area (Å²) in [5.74, 6) is 1.08. The van der Waals surface area contributed by atoms with Gasteiger partial charge in [0.25, 0.3) is 0 Å². The van der Waals surface area contributed by atoms with Crippen LogP contribution < -0.4 is 20.7 Å². The van der Waals surface area contributed by atoms with Crippen molar-refractivity contribution in [2.75, 3.05) is 49.5 Å². The summed E-state index contributed by atoms with van der Waals surface area (Å²) in [6.45, 7) is 7.19. The molecule has 7 heteroatoms. The molecule has 3 N–H and O–H groups in total. The number of fused-ring (bicyclic) bond motifs is 2. The molecule has 174 valence electrons. The van der Waals surface area contributed by atoms with Crippen LogP contribution in [0.3, 0.4) is 0 Å².